The number of hydrogen-bond acceptors (Lipinski definition) is 4. The van der Waals surface area contributed by atoms with Crippen molar-refractivity contribution in [2.75, 3.05) is 13.8 Å². The monoisotopic (exact) mass is 316 g/mol. The number of carbonyl (C=O) groups is 1. The molecule has 1 aliphatic heterocycles. The minimum atomic E-state index is -0.638. The minimum absolute atomic E-state index is 0.216. The van der Waals surface area contributed by atoms with Crippen LogP contribution in [0.15, 0.2) is 42.5 Å². The van der Waals surface area contributed by atoms with Crippen LogP contribution in [-0.2, 0) is 11.3 Å². The maximum Gasteiger partial charge on any atom is 0.239 e. The summed E-state index contributed by atoms with van der Waals surface area (Å²) in [5.41, 5.74) is 7.15. The van der Waals surface area contributed by atoms with Crippen LogP contribution >= 0.6 is 0 Å². The quantitative estimate of drug-likeness (QED) is 0.918. The molecular weight excluding hydrogens is 299 g/mol. The molecule has 0 aromatic heterocycles. The topological polar surface area (TPSA) is 64.8 Å². The first-order valence-electron chi connectivity index (χ1n) is 7.18. The Morgan fingerprint density at radius 3 is 2.61 bits per heavy atom. The van der Waals surface area contributed by atoms with Crippen LogP contribution in [0.1, 0.15) is 17.2 Å². The van der Waals surface area contributed by atoms with E-state index >= 15 is 0 Å². The number of rotatable bonds is 5. The second-order valence-corrected chi connectivity index (χ2v) is 5.46. The Morgan fingerprint density at radius 1 is 1.22 bits per heavy atom. The smallest absolute Gasteiger partial charge is 0.239 e. The molecule has 2 aromatic rings. The molecule has 0 saturated heterocycles. The molecule has 1 amide bonds. The van der Waals surface area contributed by atoms with Gasteiger partial charge in [0.05, 0.1) is 0 Å². The van der Waals surface area contributed by atoms with E-state index < -0.39 is 11.9 Å². The van der Waals surface area contributed by atoms with Crippen molar-refractivity contribution in [3.8, 4) is 11.5 Å². The molecule has 0 fully saturated rings. The Labute approximate surface area is 133 Å². The zero-order valence-electron chi connectivity index (χ0n) is 12.7. The standard InChI is InChI=1S/C17H17FN2O3/c1-20(9-11-2-7-14-15(8-11)23-10-22-14)16(17(19)21)12-3-5-13(18)6-4-12/h2-8,16H,9-10H2,1H3,(H2,19,21)/t16-/m1/s1. The average Bonchev–Trinajstić information content (AvgIpc) is 2.96. The summed E-state index contributed by atoms with van der Waals surface area (Å²) in [7, 11) is 1.80. The fourth-order valence-corrected chi connectivity index (χ4v) is 2.70. The van der Waals surface area contributed by atoms with Gasteiger partial charge in [0, 0.05) is 6.54 Å². The van der Waals surface area contributed by atoms with E-state index in [2.05, 4.69) is 0 Å². The highest BCUT2D eigenvalue weighted by molar-refractivity contribution is 5.81. The number of fused-ring (bicyclic) bond motifs is 1. The van der Waals surface area contributed by atoms with E-state index in [1.807, 2.05) is 23.1 Å². The van der Waals surface area contributed by atoms with Gasteiger partial charge in [0.15, 0.2) is 11.5 Å². The predicted octanol–water partition coefficient (Wildman–Crippen LogP) is 2.21. The number of ether oxygens (including phenoxy) is 2. The third-order valence-electron chi connectivity index (χ3n) is 3.76. The highest BCUT2D eigenvalue weighted by Gasteiger charge is 2.23. The molecular formula is C17H17FN2O3. The van der Waals surface area contributed by atoms with Crippen molar-refractivity contribution in [2.45, 2.75) is 12.6 Å². The van der Waals surface area contributed by atoms with Crippen LogP contribution in [0.3, 0.4) is 0 Å². The van der Waals surface area contributed by atoms with Crippen molar-refractivity contribution >= 4 is 5.91 Å². The van der Waals surface area contributed by atoms with Crippen LogP contribution in [0.2, 0.25) is 0 Å². The molecule has 2 N–H and O–H groups in total. The second-order valence-electron chi connectivity index (χ2n) is 5.46. The fraction of sp³-hybridized carbons (Fsp3) is 0.235. The van der Waals surface area contributed by atoms with Gasteiger partial charge in [0.25, 0.3) is 0 Å². The lowest BCUT2D eigenvalue weighted by atomic mass is 10.0. The number of likely N-dealkylation sites (N-methyl/N-ethyl adjacent to an activating group) is 1. The van der Waals surface area contributed by atoms with Crippen molar-refractivity contribution in [3.63, 3.8) is 0 Å². The molecule has 23 heavy (non-hydrogen) atoms. The van der Waals surface area contributed by atoms with E-state index in [0.29, 0.717) is 23.6 Å². The summed E-state index contributed by atoms with van der Waals surface area (Å²) < 4.78 is 23.7. The number of hydrogen-bond donors (Lipinski definition) is 1. The van der Waals surface area contributed by atoms with Crippen molar-refractivity contribution in [1.82, 2.24) is 4.90 Å². The van der Waals surface area contributed by atoms with Crippen LogP contribution < -0.4 is 15.2 Å². The van der Waals surface area contributed by atoms with Crippen molar-refractivity contribution in [2.24, 2.45) is 5.73 Å². The highest BCUT2D eigenvalue weighted by Crippen LogP contribution is 2.33. The van der Waals surface area contributed by atoms with Gasteiger partial charge in [0.2, 0.25) is 12.7 Å². The molecule has 0 unspecified atom stereocenters. The lowest BCUT2D eigenvalue weighted by Crippen LogP contribution is -2.35. The lowest BCUT2D eigenvalue weighted by Gasteiger charge is -2.26. The van der Waals surface area contributed by atoms with Crippen LogP contribution in [0.4, 0.5) is 4.39 Å². The lowest BCUT2D eigenvalue weighted by molar-refractivity contribution is -0.123. The van der Waals surface area contributed by atoms with Crippen molar-refractivity contribution < 1.29 is 18.7 Å². The van der Waals surface area contributed by atoms with E-state index in [-0.39, 0.29) is 12.6 Å². The predicted molar refractivity (Wildman–Crippen MR) is 82.4 cm³/mol. The zero-order chi connectivity index (χ0) is 16.4. The number of primary amides is 1. The van der Waals surface area contributed by atoms with Gasteiger partial charge in [-0.1, -0.05) is 18.2 Å². The maximum atomic E-state index is 13.1. The van der Waals surface area contributed by atoms with Gasteiger partial charge in [-0.25, -0.2) is 4.39 Å². The molecule has 2 aromatic carbocycles. The van der Waals surface area contributed by atoms with E-state index in [4.69, 9.17) is 15.2 Å². The maximum absolute atomic E-state index is 13.1. The van der Waals surface area contributed by atoms with E-state index in [1.54, 1.807) is 19.2 Å². The molecule has 0 spiro atoms. The number of carbonyl (C=O) groups excluding carboxylic acids is 1. The molecule has 1 heterocycles. The second kappa shape index (κ2) is 6.26. The van der Waals surface area contributed by atoms with Gasteiger partial charge in [-0.2, -0.15) is 0 Å². The molecule has 120 valence electrons. The number of benzene rings is 2. The first-order valence-corrected chi connectivity index (χ1v) is 7.18. The van der Waals surface area contributed by atoms with Crippen molar-refractivity contribution in [1.29, 1.82) is 0 Å². The van der Waals surface area contributed by atoms with E-state index in [1.165, 1.54) is 12.1 Å². The molecule has 5 nitrogen and oxygen atoms in total. The summed E-state index contributed by atoms with van der Waals surface area (Å²) >= 11 is 0. The van der Waals surface area contributed by atoms with Gasteiger partial charge in [-0.3, -0.25) is 9.69 Å². The molecule has 1 aliphatic rings. The Balaban J connectivity index is 1.80. The molecule has 0 bridgehead atoms. The summed E-state index contributed by atoms with van der Waals surface area (Å²) in [6, 6.07) is 10.8. The van der Waals surface area contributed by atoms with Crippen LogP contribution in [0.25, 0.3) is 0 Å². The molecule has 3 rings (SSSR count). The van der Waals surface area contributed by atoms with Crippen LogP contribution in [0.5, 0.6) is 11.5 Å². The number of nitrogens with zero attached hydrogens (tertiary/aromatic N) is 1. The van der Waals surface area contributed by atoms with Crippen LogP contribution in [-0.4, -0.2) is 24.6 Å². The van der Waals surface area contributed by atoms with Crippen LogP contribution in [0, 0.1) is 5.82 Å². The Morgan fingerprint density at radius 2 is 1.91 bits per heavy atom. The van der Waals surface area contributed by atoms with Gasteiger partial charge in [-0.15, -0.1) is 0 Å². The van der Waals surface area contributed by atoms with Gasteiger partial charge in [-0.05, 0) is 42.4 Å². The molecule has 6 heteroatoms. The first-order chi connectivity index (χ1) is 11.0. The fourth-order valence-electron chi connectivity index (χ4n) is 2.70. The summed E-state index contributed by atoms with van der Waals surface area (Å²) in [5.74, 6) is 0.560. The summed E-state index contributed by atoms with van der Waals surface area (Å²) in [6.07, 6.45) is 0. The highest BCUT2D eigenvalue weighted by atomic mass is 19.1. The molecule has 0 saturated carbocycles. The molecule has 1 atom stereocenters. The average molecular weight is 316 g/mol. The Hall–Kier alpha value is -2.60. The van der Waals surface area contributed by atoms with E-state index in [9.17, 15) is 9.18 Å². The summed E-state index contributed by atoms with van der Waals surface area (Å²) in [5, 5.41) is 0. The Kier molecular flexibility index (Phi) is 4.16. The number of nitrogens with two attached hydrogens (primary N) is 1. The summed E-state index contributed by atoms with van der Waals surface area (Å²) in [4.78, 5) is 13.7. The third-order valence-corrected chi connectivity index (χ3v) is 3.76. The third kappa shape index (κ3) is 3.27. The zero-order valence-corrected chi connectivity index (χ0v) is 12.7. The Bertz CT molecular complexity index is 718. The van der Waals surface area contributed by atoms with Gasteiger partial charge >= 0.3 is 0 Å². The van der Waals surface area contributed by atoms with Crippen molar-refractivity contribution in [3.05, 3.63) is 59.4 Å². The summed E-state index contributed by atoms with van der Waals surface area (Å²) in [6.45, 7) is 0.704. The van der Waals surface area contributed by atoms with Gasteiger partial charge in [0.1, 0.15) is 11.9 Å². The number of halogens is 1. The minimum Gasteiger partial charge on any atom is -0.454 e. The number of amides is 1. The SMILES string of the molecule is CN(Cc1ccc2c(c1)OCO2)[C@@H](C(N)=O)c1ccc(F)cc1. The molecule has 0 radical (unpaired) electrons. The normalized spacial score (nSPS) is 14.0. The van der Waals surface area contributed by atoms with E-state index in [0.717, 1.165) is 5.56 Å². The molecule has 0 aliphatic carbocycles. The first kappa shape index (κ1) is 15.3. The largest absolute Gasteiger partial charge is 0.454 e. The van der Waals surface area contributed by atoms with Gasteiger partial charge < -0.3 is 15.2 Å².